The maximum Gasteiger partial charge on any atom is 0.243 e. The minimum atomic E-state index is -0.478. The lowest BCUT2D eigenvalue weighted by atomic mass is 9.83. The number of carbonyl (C=O) groups is 2. The Morgan fingerprint density at radius 1 is 1.10 bits per heavy atom. The largest absolute Gasteiger partial charge is 0.350 e. The molecule has 2 amide bonds. The Morgan fingerprint density at radius 3 is 2.52 bits per heavy atom. The van der Waals surface area contributed by atoms with Gasteiger partial charge >= 0.3 is 0 Å². The summed E-state index contributed by atoms with van der Waals surface area (Å²) in [6.07, 6.45) is 8.89. The first-order chi connectivity index (χ1) is 15.0. The van der Waals surface area contributed by atoms with Crippen LogP contribution in [0.5, 0.6) is 0 Å². The number of nitrogens with one attached hydrogen (secondary N) is 1. The Kier molecular flexibility index (Phi) is 6.70. The fourth-order valence-electron chi connectivity index (χ4n) is 4.95. The molecule has 166 valence electrons. The average molecular weight is 424 g/mol. The van der Waals surface area contributed by atoms with Crippen molar-refractivity contribution in [2.75, 3.05) is 6.54 Å². The number of aryl methyl sites for hydroxylation is 1. The molecule has 1 aliphatic carbocycles. The Bertz CT molecular complexity index is 901. The molecule has 1 aromatic heterocycles. The molecule has 0 spiro atoms. The molecule has 2 heterocycles. The second-order valence-electron chi connectivity index (χ2n) is 8.87. The molecule has 2 aromatic rings. The first-order valence-corrected chi connectivity index (χ1v) is 11.5. The van der Waals surface area contributed by atoms with E-state index in [0.29, 0.717) is 19.5 Å². The fraction of sp³-hybridized carbons (Fsp3) is 0.542. The van der Waals surface area contributed by atoms with Crippen molar-refractivity contribution in [2.45, 2.75) is 63.6 Å². The van der Waals surface area contributed by atoms with Crippen LogP contribution in [-0.2, 0) is 23.2 Å². The number of hydrogen-bond acceptors (Lipinski definition) is 4. The van der Waals surface area contributed by atoms with Crippen LogP contribution in [-0.4, -0.2) is 45.1 Å². The molecule has 1 aromatic carbocycles. The molecular weight excluding hydrogens is 390 g/mol. The summed E-state index contributed by atoms with van der Waals surface area (Å²) in [6.45, 7) is 1.06. The van der Waals surface area contributed by atoms with Gasteiger partial charge in [-0.3, -0.25) is 14.3 Å². The topological polar surface area (TPSA) is 93.2 Å². The first-order valence-electron chi connectivity index (χ1n) is 11.5. The Hall–Kier alpha value is -2.67. The van der Waals surface area contributed by atoms with Crippen LogP contribution in [0.1, 0.15) is 50.5 Å². The van der Waals surface area contributed by atoms with Crippen LogP contribution in [0.2, 0.25) is 0 Å². The molecule has 7 heteroatoms. The SMILES string of the molecule is Cn1nccc1-c1ccc(CNC(=O)C2CCCN2C(=O)C(N)C2CCCCC2)cc1. The number of carbonyl (C=O) groups excluding carboxylic acids is 2. The molecule has 4 rings (SSSR count). The van der Waals surface area contributed by atoms with Gasteiger partial charge in [0.1, 0.15) is 6.04 Å². The van der Waals surface area contributed by atoms with Gasteiger partial charge in [-0.2, -0.15) is 5.10 Å². The minimum Gasteiger partial charge on any atom is -0.350 e. The zero-order chi connectivity index (χ0) is 21.8. The van der Waals surface area contributed by atoms with Gasteiger partial charge in [0.05, 0.1) is 11.7 Å². The number of rotatable bonds is 6. The summed E-state index contributed by atoms with van der Waals surface area (Å²) in [4.78, 5) is 27.6. The number of nitrogens with zero attached hydrogens (tertiary/aromatic N) is 3. The summed E-state index contributed by atoms with van der Waals surface area (Å²) in [7, 11) is 1.91. The van der Waals surface area contributed by atoms with E-state index in [2.05, 4.69) is 10.4 Å². The second kappa shape index (κ2) is 9.64. The number of amides is 2. The number of benzene rings is 1. The van der Waals surface area contributed by atoms with Crippen molar-refractivity contribution in [3.05, 3.63) is 42.1 Å². The molecule has 31 heavy (non-hydrogen) atoms. The van der Waals surface area contributed by atoms with Gasteiger partial charge in [-0.1, -0.05) is 43.5 Å². The van der Waals surface area contributed by atoms with Crippen molar-refractivity contribution in [3.63, 3.8) is 0 Å². The van der Waals surface area contributed by atoms with E-state index < -0.39 is 12.1 Å². The van der Waals surface area contributed by atoms with Crippen LogP contribution in [0, 0.1) is 5.92 Å². The van der Waals surface area contributed by atoms with E-state index >= 15 is 0 Å². The molecule has 7 nitrogen and oxygen atoms in total. The predicted molar refractivity (Wildman–Crippen MR) is 120 cm³/mol. The number of likely N-dealkylation sites (tertiary alicyclic amines) is 1. The van der Waals surface area contributed by atoms with Crippen LogP contribution >= 0.6 is 0 Å². The van der Waals surface area contributed by atoms with Crippen molar-refractivity contribution in [2.24, 2.45) is 18.7 Å². The van der Waals surface area contributed by atoms with Crippen molar-refractivity contribution < 1.29 is 9.59 Å². The molecule has 1 saturated carbocycles. The maximum absolute atomic E-state index is 13.0. The molecule has 2 aliphatic rings. The molecule has 0 radical (unpaired) electrons. The van der Waals surface area contributed by atoms with Gasteiger partial charge in [-0.25, -0.2) is 0 Å². The molecule has 3 N–H and O–H groups in total. The highest BCUT2D eigenvalue weighted by Gasteiger charge is 2.38. The smallest absolute Gasteiger partial charge is 0.243 e. The van der Waals surface area contributed by atoms with E-state index in [1.807, 2.05) is 42.1 Å². The predicted octanol–water partition coefficient (Wildman–Crippen LogP) is 2.60. The lowest BCUT2D eigenvalue weighted by Crippen LogP contribution is -2.53. The van der Waals surface area contributed by atoms with E-state index in [9.17, 15) is 9.59 Å². The maximum atomic E-state index is 13.0. The zero-order valence-electron chi connectivity index (χ0n) is 18.3. The molecule has 2 unspecified atom stereocenters. The van der Waals surface area contributed by atoms with Crippen molar-refractivity contribution in [3.8, 4) is 11.3 Å². The summed E-state index contributed by atoms with van der Waals surface area (Å²) in [5.74, 6) is 0.117. The Morgan fingerprint density at radius 2 is 1.84 bits per heavy atom. The van der Waals surface area contributed by atoms with Crippen LogP contribution in [0.4, 0.5) is 0 Å². The third-order valence-corrected chi connectivity index (χ3v) is 6.82. The van der Waals surface area contributed by atoms with E-state index in [-0.39, 0.29) is 17.7 Å². The van der Waals surface area contributed by atoms with Gasteiger partial charge in [0, 0.05) is 26.3 Å². The normalized spacial score (nSPS) is 20.6. The van der Waals surface area contributed by atoms with Crippen LogP contribution < -0.4 is 11.1 Å². The highest BCUT2D eigenvalue weighted by Crippen LogP contribution is 2.28. The van der Waals surface area contributed by atoms with Crippen molar-refractivity contribution in [1.82, 2.24) is 20.0 Å². The van der Waals surface area contributed by atoms with Crippen LogP contribution in [0.3, 0.4) is 0 Å². The molecule has 2 fully saturated rings. The Balaban J connectivity index is 1.33. The van der Waals surface area contributed by atoms with E-state index in [1.165, 1.54) is 6.42 Å². The summed E-state index contributed by atoms with van der Waals surface area (Å²) in [6, 6.07) is 9.18. The third-order valence-electron chi connectivity index (χ3n) is 6.82. The fourth-order valence-corrected chi connectivity index (χ4v) is 4.95. The monoisotopic (exact) mass is 423 g/mol. The van der Waals surface area contributed by atoms with Crippen molar-refractivity contribution in [1.29, 1.82) is 0 Å². The van der Waals surface area contributed by atoms with Crippen LogP contribution in [0.15, 0.2) is 36.5 Å². The highest BCUT2D eigenvalue weighted by atomic mass is 16.2. The minimum absolute atomic E-state index is 0.0509. The lowest BCUT2D eigenvalue weighted by molar-refractivity contribution is -0.140. The summed E-state index contributed by atoms with van der Waals surface area (Å²) >= 11 is 0. The molecule has 1 saturated heterocycles. The molecule has 0 bridgehead atoms. The van der Waals surface area contributed by atoms with Gasteiger partial charge < -0.3 is 16.0 Å². The quantitative estimate of drug-likeness (QED) is 0.747. The third kappa shape index (κ3) is 4.82. The van der Waals surface area contributed by atoms with Gasteiger partial charge in [0.2, 0.25) is 11.8 Å². The van der Waals surface area contributed by atoms with Gasteiger partial charge in [0.15, 0.2) is 0 Å². The van der Waals surface area contributed by atoms with Crippen LogP contribution in [0.25, 0.3) is 11.3 Å². The van der Waals surface area contributed by atoms with E-state index in [4.69, 9.17) is 5.73 Å². The summed E-state index contributed by atoms with van der Waals surface area (Å²) in [5, 5.41) is 7.22. The average Bonchev–Trinajstić information content (AvgIpc) is 3.47. The van der Waals surface area contributed by atoms with E-state index in [0.717, 1.165) is 48.9 Å². The van der Waals surface area contributed by atoms with E-state index in [1.54, 1.807) is 11.1 Å². The summed E-state index contributed by atoms with van der Waals surface area (Å²) < 4.78 is 1.83. The Labute approximate surface area is 184 Å². The number of nitrogens with two attached hydrogens (primary N) is 1. The standard InChI is InChI=1S/C24H33N5O2/c1-28-20(13-14-27-28)18-11-9-17(10-12-18)16-26-23(30)21-8-5-15-29(21)24(31)22(25)19-6-3-2-4-7-19/h9-14,19,21-22H,2-8,15-16,25H2,1H3,(H,26,30). The highest BCUT2D eigenvalue weighted by molar-refractivity contribution is 5.90. The van der Waals surface area contributed by atoms with Crippen molar-refractivity contribution >= 4 is 11.8 Å². The summed E-state index contributed by atoms with van der Waals surface area (Å²) in [5.41, 5.74) is 9.49. The van der Waals surface area contributed by atoms with Gasteiger partial charge in [-0.15, -0.1) is 0 Å². The number of hydrogen-bond donors (Lipinski definition) is 2. The molecule has 2 atom stereocenters. The number of aromatic nitrogens is 2. The van der Waals surface area contributed by atoms with Gasteiger partial charge in [0.25, 0.3) is 0 Å². The first kappa shape index (κ1) is 21.6. The molecular formula is C24H33N5O2. The lowest BCUT2D eigenvalue weighted by Gasteiger charge is -2.32. The van der Waals surface area contributed by atoms with Gasteiger partial charge in [-0.05, 0) is 48.8 Å². The zero-order valence-corrected chi connectivity index (χ0v) is 18.3. The molecule has 1 aliphatic heterocycles. The second-order valence-corrected chi connectivity index (χ2v) is 8.87.